The topological polar surface area (TPSA) is 0 Å². The van der Waals surface area contributed by atoms with Crippen LogP contribution in [0.1, 0.15) is 47.0 Å². The molecule has 0 aromatic carbocycles. The molecule has 0 aliphatic heterocycles. The highest BCUT2D eigenvalue weighted by molar-refractivity contribution is 14.1. The average Bonchev–Trinajstić information content (AvgIpc) is 1.92. The van der Waals surface area contributed by atoms with Crippen LogP contribution in [0.2, 0.25) is 0 Å². The molecule has 1 aliphatic rings. The zero-order valence-corrected chi connectivity index (χ0v) is 10.9. The molecule has 12 heavy (non-hydrogen) atoms. The van der Waals surface area contributed by atoms with Gasteiger partial charge in [0.2, 0.25) is 0 Å². The molecule has 0 aromatic rings. The summed E-state index contributed by atoms with van der Waals surface area (Å²) in [5, 5.41) is 0. The Balaban J connectivity index is 2.51. The summed E-state index contributed by atoms with van der Waals surface area (Å²) in [6.07, 6.45) is 4.32. The molecular formula is C11H21I. The molecule has 1 fully saturated rings. The van der Waals surface area contributed by atoms with E-state index in [4.69, 9.17) is 0 Å². The van der Waals surface area contributed by atoms with Gasteiger partial charge in [-0.05, 0) is 36.5 Å². The van der Waals surface area contributed by atoms with Crippen molar-refractivity contribution in [3.05, 3.63) is 0 Å². The molecule has 3 atom stereocenters. The zero-order valence-electron chi connectivity index (χ0n) is 8.73. The first-order valence-corrected chi connectivity index (χ1v) is 6.30. The lowest BCUT2D eigenvalue weighted by Gasteiger charge is -2.38. The largest absolute Gasteiger partial charge is 0.0823 e. The summed E-state index contributed by atoms with van der Waals surface area (Å²) in [6.45, 7) is 9.57. The van der Waals surface area contributed by atoms with E-state index in [0.717, 1.165) is 15.8 Å². The SMILES string of the molecule is C[C@@H]1C[C@H](C(C)(C)C)CC[C@@H]1I. The number of hydrogen-bond donors (Lipinski definition) is 0. The zero-order chi connectivity index (χ0) is 9.35. The minimum atomic E-state index is 0.533. The number of alkyl halides is 1. The van der Waals surface area contributed by atoms with Crippen LogP contribution in [0, 0.1) is 17.3 Å². The lowest BCUT2D eigenvalue weighted by molar-refractivity contribution is 0.155. The lowest BCUT2D eigenvalue weighted by atomic mass is 9.69. The molecule has 1 aliphatic carbocycles. The monoisotopic (exact) mass is 280 g/mol. The van der Waals surface area contributed by atoms with Gasteiger partial charge < -0.3 is 0 Å². The van der Waals surface area contributed by atoms with Crippen LogP contribution < -0.4 is 0 Å². The van der Waals surface area contributed by atoms with Gasteiger partial charge in [-0.3, -0.25) is 0 Å². The summed E-state index contributed by atoms with van der Waals surface area (Å²) >= 11 is 2.62. The molecule has 0 aromatic heterocycles. The van der Waals surface area contributed by atoms with E-state index in [2.05, 4.69) is 50.3 Å². The molecule has 0 radical (unpaired) electrons. The van der Waals surface area contributed by atoms with E-state index in [9.17, 15) is 0 Å². The van der Waals surface area contributed by atoms with Crippen molar-refractivity contribution < 1.29 is 0 Å². The van der Waals surface area contributed by atoms with Crippen molar-refractivity contribution in [2.24, 2.45) is 17.3 Å². The van der Waals surface area contributed by atoms with Gasteiger partial charge in [0.05, 0.1) is 0 Å². The van der Waals surface area contributed by atoms with Crippen molar-refractivity contribution in [1.82, 2.24) is 0 Å². The fraction of sp³-hybridized carbons (Fsp3) is 1.00. The van der Waals surface area contributed by atoms with Crippen molar-refractivity contribution in [1.29, 1.82) is 0 Å². The van der Waals surface area contributed by atoms with Crippen molar-refractivity contribution in [3.8, 4) is 0 Å². The van der Waals surface area contributed by atoms with Crippen molar-refractivity contribution >= 4 is 22.6 Å². The normalized spacial score (nSPS) is 38.2. The Kier molecular flexibility index (Phi) is 3.47. The highest BCUT2D eigenvalue weighted by atomic mass is 127. The summed E-state index contributed by atoms with van der Waals surface area (Å²) in [6, 6.07) is 0. The van der Waals surface area contributed by atoms with Crippen LogP contribution in [0.5, 0.6) is 0 Å². The molecule has 1 saturated carbocycles. The van der Waals surface area contributed by atoms with E-state index < -0.39 is 0 Å². The maximum absolute atomic E-state index is 2.62. The molecule has 0 nitrogen and oxygen atoms in total. The number of halogens is 1. The van der Waals surface area contributed by atoms with Gasteiger partial charge in [-0.1, -0.05) is 50.3 Å². The van der Waals surface area contributed by atoms with Gasteiger partial charge in [-0.15, -0.1) is 0 Å². The Bertz CT molecular complexity index is 146. The van der Waals surface area contributed by atoms with Gasteiger partial charge in [0.15, 0.2) is 0 Å². The fourth-order valence-corrected chi connectivity index (χ4v) is 2.80. The molecule has 0 saturated heterocycles. The van der Waals surface area contributed by atoms with Crippen LogP contribution in [0.4, 0.5) is 0 Å². The summed E-state index contributed by atoms with van der Waals surface area (Å²) in [5.74, 6) is 1.89. The molecule has 0 N–H and O–H groups in total. The second-order valence-electron chi connectivity index (χ2n) is 5.37. The van der Waals surface area contributed by atoms with Gasteiger partial charge in [0.25, 0.3) is 0 Å². The highest BCUT2D eigenvalue weighted by Gasteiger charge is 2.32. The van der Waals surface area contributed by atoms with Gasteiger partial charge in [-0.25, -0.2) is 0 Å². The first-order chi connectivity index (χ1) is 5.41. The van der Waals surface area contributed by atoms with E-state index in [-0.39, 0.29) is 0 Å². The Hall–Kier alpha value is 0.730. The van der Waals surface area contributed by atoms with Crippen LogP contribution in [-0.4, -0.2) is 3.92 Å². The van der Waals surface area contributed by atoms with Crippen LogP contribution in [0.25, 0.3) is 0 Å². The minimum absolute atomic E-state index is 0.533. The molecule has 72 valence electrons. The molecule has 1 rings (SSSR count). The van der Waals surface area contributed by atoms with Gasteiger partial charge in [0.1, 0.15) is 0 Å². The molecule has 0 amide bonds. The molecule has 1 heteroatoms. The van der Waals surface area contributed by atoms with E-state index >= 15 is 0 Å². The Morgan fingerprint density at radius 2 is 1.75 bits per heavy atom. The second-order valence-corrected chi connectivity index (χ2v) is 6.97. The summed E-state index contributed by atoms with van der Waals surface area (Å²) in [5.41, 5.74) is 0.533. The van der Waals surface area contributed by atoms with E-state index in [1.54, 1.807) is 0 Å². The number of rotatable bonds is 0. The third-order valence-electron chi connectivity index (χ3n) is 3.29. The first kappa shape index (κ1) is 10.8. The fourth-order valence-electron chi connectivity index (χ4n) is 2.15. The summed E-state index contributed by atoms with van der Waals surface area (Å²) < 4.78 is 0.932. The van der Waals surface area contributed by atoms with Crippen molar-refractivity contribution in [3.63, 3.8) is 0 Å². The standard InChI is InChI=1S/C11H21I/c1-8-7-9(11(2,3)4)5-6-10(8)12/h8-10H,5-7H2,1-4H3/t8-,9-,10+/m1/s1. The molecule has 0 heterocycles. The van der Waals surface area contributed by atoms with Crippen LogP contribution in [0.3, 0.4) is 0 Å². The van der Waals surface area contributed by atoms with E-state index in [0.29, 0.717) is 5.41 Å². The van der Waals surface area contributed by atoms with Gasteiger partial charge >= 0.3 is 0 Å². The van der Waals surface area contributed by atoms with E-state index in [1.807, 2.05) is 0 Å². The maximum Gasteiger partial charge on any atom is 0.0135 e. The Morgan fingerprint density at radius 1 is 1.17 bits per heavy atom. The first-order valence-electron chi connectivity index (χ1n) is 5.05. The number of hydrogen-bond acceptors (Lipinski definition) is 0. The maximum atomic E-state index is 2.62. The third-order valence-corrected chi connectivity index (χ3v) is 5.14. The van der Waals surface area contributed by atoms with Gasteiger partial charge in [0, 0.05) is 3.92 Å². The Morgan fingerprint density at radius 3 is 2.17 bits per heavy atom. The van der Waals surface area contributed by atoms with Gasteiger partial charge in [-0.2, -0.15) is 0 Å². The average molecular weight is 280 g/mol. The minimum Gasteiger partial charge on any atom is -0.0823 e. The van der Waals surface area contributed by atoms with Crippen LogP contribution >= 0.6 is 22.6 Å². The lowest BCUT2D eigenvalue weighted by Crippen LogP contribution is -2.30. The summed E-state index contributed by atoms with van der Waals surface area (Å²) in [4.78, 5) is 0. The quantitative estimate of drug-likeness (QED) is 0.459. The second kappa shape index (κ2) is 3.85. The van der Waals surface area contributed by atoms with Crippen molar-refractivity contribution in [2.45, 2.75) is 50.9 Å². The predicted molar refractivity (Wildman–Crippen MR) is 63.8 cm³/mol. The molecular weight excluding hydrogens is 259 g/mol. The van der Waals surface area contributed by atoms with Crippen LogP contribution in [0.15, 0.2) is 0 Å². The highest BCUT2D eigenvalue weighted by Crippen LogP contribution is 2.42. The Labute approximate surface area is 90.6 Å². The smallest absolute Gasteiger partial charge is 0.0135 e. The predicted octanol–water partition coefficient (Wildman–Crippen LogP) is 4.27. The van der Waals surface area contributed by atoms with E-state index in [1.165, 1.54) is 19.3 Å². The van der Waals surface area contributed by atoms with Crippen molar-refractivity contribution in [2.75, 3.05) is 0 Å². The third kappa shape index (κ3) is 2.61. The van der Waals surface area contributed by atoms with Crippen LogP contribution in [-0.2, 0) is 0 Å². The molecule has 0 bridgehead atoms. The molecule has 0 unspecified atom stereocenters. The molecule has 0 spiro atoms. The summed E-state index contributed by atoms with van der Waals surface area (Å²) in [7, 11) is 0.